The first kappa shape index (κ1) is 19.8. The summed E-state index contributed by atoms with van der Waals surface area (Å²) in [6, 6.07) is 6.20. The number of nitrogens with zero attached hydrogens (tertiary/aromatic N) is 2. The number of benzene rings is 2. The van der Waals surface area contributed by atoms with Gasteiger partial charge in [-0.25, -0.2) is 21.6 Å². The number of rotatable bonds is 3. The van der Waals surface area contributed by atoms with Crippen molar-refractivity contribution in [2.24, 2.45) is 0 Å². The first-order valence-corrected chi connectivity index (χ1v) is 10.1. The zero-order chi connectivity index (χ0) is 19.8. The first-order chi connectivity index (χ1) is 12.7. The zero-order valence-electron chi connectivity index (χ0n) is 13.8. The Morgan fingerprint density at radius 3 is 2.19 bits per heavy atom. The number of hydrogen-bond donors (Lipinski definition) is 0. The van der Waals surface area contributed by atoms with Crippen LogP contribution in [-0.4, -0.2) is 49.7 Å². The van der Waals surface area contributed by atoms with E-state index in [1.165, 1.54) is 17.0 Å². The molecule has 0 unspecified atom stereocenters. The Bertz CT molecular complexity index is 973. The van der Waals surface area contributed by atoms with Crippen molar-refractivity contribution < 1.29 is 26.4 Å². The van der Waals surface area contributed by atoms with Crippen LogP contribution in [0.1, 0.15) is 10.4 Å². The van der Waals surface area contributed by atoms with Gasteiger partial charge in [0.15, 0.2) is 11.6 Å². The van der Waals surface area contributed by atoms with Crippen LogP contribution in [0.15, 0.2) is 45.8 Å². The highest BCUT2D eigenvalue weighted by molar-refractivity contribution is 9.10. The Kier molecular flexibility index (Phi) is 5.59. The lowest BCUT2D eigenvalue weighted by Gasteiger charge is -2.34. The lowest BCUT2D eigenvalue weighted by Crippen LogP contribution is -2.50. The van der Waals surface area contributed by atoms with Crippen LogP contribution in [0.4, 0.5) is 13.2 Å². The molecule has 3 rings (SSSR count). The molecule has 0 saturated carbocycles. The summed E-state index contributed by atoms with van der Waals surface area (Å²) >= 11 is 3.12. The lowest BCUT2D eigenvalue weighted by atomic mass is 10.2. The van der Waals surface area contributed by atoms with Crippen LogP contribution in [0.3, 0.4) is 0 Å². The minimum absolute atomic E-state index is 0.0104. The molecule has 0 bridgehead atoms. The van der Waals surface area contributed by atoms with Gasteiger partial charge in [-0.1, -0.05) is 15.9 Å². The second-order valence-electron chi connectivity index (χ2n) is 5.93. The molecule has 1 amide bonds. The van der Waals surface area contributed by atoms with Crippen LogP contribution in [0.5, 0.6) is 0 Å². The van der Waals surface area contributed by atoms with Crippen LogP contribution >= 0.6 is 15.9 Å². The third-order valence-corrected chi connectivity index (χ3v) is 6.52. The van der Waals surface area contributed by atoms with Crippen molar-refractivity contribution >= 4 is 31.9 Å². The van der Waals surface area contributed by atoms with Crippen molar-refractivity contribution in [3.8, 4) is 0 Å². The van der Waals surface area contributed by atoms with E-state index in [-0.39, 0.29) is 36.6 Å². The molecule has 1 aliphatic rings. The van der Waals surface area contributed by atoms with E-state index in [0.29, 0.717) is 10.5 Å². The summed E-state index contributed by atoms with van der Waals surface area (Å²) < 4.78 is 66.5. The number of carbonyl (C=O) groups is 1. The van der Waals surface area contributed by atoms with Gasteiger partial charge in [-0.2, -0.15) is 4.31 Å². The summed E-state index contributed by atoms with van der Waals surface area (Å²) in [6.07, 6.45) is 0. The molecule has 0 aromatic heterocycles. The molecular formula is C17H14BrF3N2O3S. The fourth-order valence-corrected chi connectivity index (χ4v) is 4.68. The van der Waals surface area contributed by atoms with Crippen molar-refractivity contribution in [3.63, 3.8) is 0 Å². The highest BCUT2D eigenvalue weighted by Crippen LogP contribution is 2.21. The largest absolute Gasteiger partial charge is 0.336 e. The predicted octanol–water partition coefficient (Wildman–Crippen LogP) is 3.01. The zero-order valence-corrected chi connectivity index (χ0v) is 16.2. The molecule has 1 fully saturated rings. The molecule has 0 spiro atoms. The van der Waals surface area contributed by atoms with Gasteiger partial charge in [0.25, 0.3) is 5.91 Å². The van der Waals surface area contributed by atoms with Crippen LogP contribution in [0, 0.1) is 17.5 Å². The highest BCUT2D eigenvalue weighted by Gasteiger charge is 2.31. The van der Waals surface area contributed by atoms with Crippen molar-refractivity contribution in [2.75, 3.05) is 26.2 Å². The number of carbonyl (C=O) groups excluding carboxylic acids is 1. The second-order valence-corrected chi connectivity index (χ2v) is 8.78. The third-order valence-electron chi connectivity index (χ3n) is 4.16. The van der Waals surface area contributed by atoms with Gasteiger partial charge in [0.05, 0.1) is 4.90 Å². The van der Waals surface area contributed by atoms with Crippen molar-refractivity contribution in [2.45, 2.75) is 4.90 Å². The van der Waals surface area contributed by atoms with Gasteiger partial charge >= 0.3 is 0 Å². The Morgan fingerprint density at radius 1 is 0.926 bits per heavy atom. The average molecular weight is 463 g/mol. The molecule has 0 N–H and O–H groups in total. The Morgan fingerprint density at radius 2 is 1.59 bits per heavy atom. The van der Waals surface area contributed by atoms with Crippen LogP contribution in [0.25, 0.3) is 0 Å². The van der Waals surface area contributed by atoms with E-state index in [4.69, 9.17) is 0 Å². The van der Waals surface area contributed by atoms with E-state index in [1.54, 1.807) is 0 Å². The summed E-state index contributed by atoms with van der Waals surface area (Å²) in [5.74, 6) is -3.36. The van der Waals surface area contributed by atoms with Crippen molar-refractivity contribution in [1.82, 2.24) is 9.21 Å². The smallest absolute Gasteiger partial charge is 0.254 e. The summed E-state index contributed by atoms with van der Waals surface area (Å²) in [5.41, 5.74) is 0.152. The Labute approximate surface area is 162 Å². The number of hydrogen-bond acceptors (Lipinski definition) is 3. The standard InChI is InChI=1S/C17H14BrF3N2O3S/c18-12-7-11(8-13(19)9-12)17(24)22-3-5-23(6-4-22)27(25,26)14-1-2-15(20)16(21)10-14/h1-2,7-10H,3-6H2. The van der Waals surface area contributed by atoms with Crippen LogP contribution < -0.4 is 0 Å². The topological polar surface area (TPSA) is 57.7 Å². The summed E-state index contributed by atoms with van der Waals surface area (Å²) in [7, 11) is -4.01. The number of amides is 1. The highest BCUT2D eigenvalue weighted by atomic mass is 79.9. The lowest BCUT2D eigenvalue weighted by molar-refractivity contribution is 0.0697. The Hall–Kier alpha value is -1.91. The molecule has 0 aliphatic carbocycles. The maximum atomic E-state index is 13.5. The summed E-state index contributed by atoms with van der Waals surface area (Å²) in [4.78, 5) is 13.6. The minimum Gasteiger partial charge on any atom is -0.336 e. The SMILES string of the molecule is O=C(c1cc(F)cc(Br)c1)N1CCN(S(=O)(=O)c2ccc(F)c(F)c2)CC1. The predicted molar refractivity (Wildman–Crippen MR) is 95.1 cm³/mol. The van der Waals surface area contributed by atoms with Crippen LogP contribution in [-0.2, 0) is 10.0 Å². The molecular weight excluding hydrogens is 449 g/mol. The molecule has 10 heteroatoms. The van der Waals surface area contributed by atoms with E-state index < -0.39 is 33.4 Å². The molecule has 5 nitrogen and oxygen atoms in total. The first-order valence-electron chi connectivity index (χ1n) is 7.89. The molecule has 2 aromatic carbocycles. The van der Waals surface area contributed by atoms with Gasteiger partial charge in [0.1, 0.15) is 5.82 Å². The van der Waals surface area contributed by atoms with E-state index >= 15 is 0 Å². The van der Waals surface area contributed by atoms with E-state index in [0.717, 1.165) is 22.5 Å². The fraction of sp³-hybridized carbons (Fsp3) is 0.235. The number of halogens is 4. The summed E-state index contributed by atoms with van der Waals surface area (Å²) in [5, 5.41) is 0. The number of piperazine rings is 1. The maximum Gasteiger partial charge on any atom is 0.254 e. The quantitative estimate of drug-likeness (QED) is 0.704. The summed E-state index contributed by atoms with van der Waals surface area (Å²) in [6.45, 7) is 0.166. The van der Waals surface area contributed by atoms with E-state index in [9.17, 15) is 26.4 Å². The fourth-order valence-electron chi connectivity index (χ4n) is 2.78. The monoisotopic (exact) mass is 462 g/mol. The maximum absolute atomic E-state index is 13.5. The van der Waals surface area contributed by atoms with E-state index in [2.05, 4.69) is 15.9 Å². The Balaban J connectivity index is 1.72. The van der Waals surface area contributed by atoms with E-state index in [1.807, 2.05) is 0 Å². The molecule has 1 aliphatic heterocycles. The van der Waals surface area contributed by atoms with Crippen molar-refractivity contribution in [1.29, 1.82) is 0 Å². The van der Waals surface area contributed by atoms with Gasteiger partial charge < -0.3 is 4.90 Å². The van der Waals surface area contributed by atoms with Crippen LogP contribution in [0.2, 0.25) is 0 Å². The van der Waals surface area contributed by atoms with Gasteiger partial charge in [0.2, 0.25) is 10.0 Å². The third kappa shape index (κ3) is 4.17. The van der Waals surface area contributed by atoms with Gasteiger partial charge in [-0.05, 0) is 36.4 Å². The normalized spacial score (nSPS) is 15.8. The molecule has 0 radical (unpaired) electrons. The molecule has 0 atom stereocenters. The molecule has 27 heavy (non-hydrogen) atoms. The molecule has 144 valence electrons. The van der Waals surface area contributed by atoms with Gasteiger partial charge in [-0.15, -0.1) is 0 Å². The minimum atomic E-state index is -4.01. The van der Waals surface area contributed by atoms with Gasteiger partial charge in [0, 0.05) is 36.2 Å². The second kappa shape index (κ2) is 7.61. The molecule has 1 heterocycles. The average Bonchev–Trinajstić information content (AvgIpc) is 2.62. The van der Waals surface area contributed by atoms with Gasteiger partial charge in [-0.3, -0.25) is 4.79 Å². The molecule has 2 aromatic rings. The molecule has 1 saturated heterocycles. The number of sulfonamides is 1. The van der Waals surface area contributed by atoms with Crippen molar-refractivity contribution in [3.05, 3.63) is 63.9 Å².